The van der Waals surface area contributed by atoms with Gasteiger partial charge in [-0.05, 0) is 13.8 Å². The molecule has 0 bridgehead atoms. The Morgan fingerprint density at radius 3 is 2.73 bits per heavy atom. The van der Waals surface area contributed by atoms with Crippen LogP contribution in [0.4, 0.5) is 0 Å². The smallest absolute Gasteiger partial charge is 0.146 e. The quantitative estimate of drug-likeness (QED) is 0.611. The average Bonchev–Trinajstić information content (AvgIpc) is 1.87. The number of carbonyl (C=O) groups is 1. The van der Waals surface area contributed by atoms with Gasteiger partial charge in [0.05, 0.1) is 6.04 Å². The number of carbonyl (C=O) groups excluding carboxylic acids is 1. The van der Waals surface area contributed by atoms with E-state index in [1.807, 2.05) is 0 Å². The van der Waals surface area contributed by atoms with Gasteiger partial charge < -0.3 is 5.73 Å². The van der Waals surface area contributed by atoms with Gasteiger partial charge in [0.25, 0.3) is 0 Å². The Labute approximate surface area is 67.0 Å². The zero-order valence-electron chi connectivity index (χ0n) is 7.00. The zero-order chi connectivity index (χ0) is 8.85. The average molecular weight is 154 g/mol. The van der Waals surface area contributed by atoms with Crippen LogP contribution in [0.2, 0.25) is 0 Å². The summed E-state index contributed by atoms with van der Waals surface area (Å²) in [5.74, 6) is -0.0301. The minimum absolute atomic E-state index is 0.0301. The number of Topliss-reactive ketones (excluding diaryl/α,β-unsaturated/α-hetero) is 1. The maximum Gasteiger partial charge on any atom is 0.146 e. The molecule has 0 aliphatic heterocycles. The Morgan fingerprint density at radius 1 is 1.82 bits per heavy atom. The summed E-state index contributed by atoms with van der Waals surface area (Å²) in [7, 11) is 0. The lowest BCUT2D eigenvalue weighted by atomic mass is 10.1. The summed E-state index contributed by atoms with van der Waals surface area (Å²) >= 11 is 0. The van der Waals surface area contributed by atoms with Crippen LogP contribution in [0.1, 0.15) is 20.3 Å². The highest BCUT2D eigenvalue weighted by Crippen LogP contribution is 2.02. The van der Waals surface area contributed by atoms with Crippen molar-refractivity contribution in [2.45, 2.75) is 26.3 Å². The second-order valence-corrected chi connectivity index (χ2v) is 2.37. The summed E-state index contributed by atoms with van der Waals surface area (Å²) in [5, 5.41) is 0. The predicted molar refractivity (Wildman–Crippen MR) is 46.6 cm³/mol. The fourth-order valence-corrected chi connectivity index (χ4v) is 0.633. The monoisotopic (exact) mass is 154 g/mol. The van der Waals surface area contributed by atoms with Crippen molar-refractivity contribution >= 4 is 12.0 Å². The van der Waals surface area contributed by atoms with Gasteiger partial charge in [0.2, 0.25) is 0 Å². The van der Waals surface area contributed by atoms with Crippen molar-refractivity contribution in [2.24, 2.45) is 10.7 Å². The number of hydrogen-bond donors (Lipinski definition) is 1. The second-order valence-electron chi connectivity index (χ2n) is 2.37. The van der Waals surface area contributed by atoms with Crippen molar-refractivity contribution < 1.29 is 4.79 Å². The molecule has 0 aromatic heterocycles. The van der Waals surface area contributed by atoms with E-state index in [1.165, 1.54) is 6.92 Å². The molecule has 1 atom stereocenters. The first-order chi connectivity index (χ1) is 5.07. The van der Waals surface area contributed by atoms with Gasteiger partial charge in [-0.25, -0.2) is 0 Å². The largest absolute Gasteiger partial charge is 0.321 e. The van der Waals surface area contributed by atoms with Gasteiger partial charge >= 0.3 is 0 Å². The van der Waals surface area contributed by atoms with E-state index >= 15 is 0 Å². The van der Waals surface area contributed by atoms with Crippen LogP contribution in [0, 0.1) is 0 Å². The van der Waals surface area contributed by atoms with Gasteiger partial charge in [-0.15, -0.1) is 0 Å². The van der Waals surface area contributed by atoms with Gasteiger partial charge in [-0.2, -0.15) is 0 Å². The standard InChI is InChI=1S/C8H14N2O/c1-4-10-6(2)5-8(9)7(3)11/h4,8H,2,5,9H2,1,3H3/t8-/m1/s1. The molecule has 0 aliphatic carbocycles. The first-order valence-electron chi connectivity index (χ1n) is 3.50. The SMILES string of the molecule is C=C(C[C@@H](N)C(C)=O)N=CC. The fourth-order valence-electron chi connectivity index (χ4n) is 0.633. The van der Waals surface area contributed by atoms with Crippen LogP contribution in [-0.4, -0.2) is 18.0 Å². The van der Waals surface area contributed by atoms with E-state index < -0.39 is 6.04 Å². The summed E-state index contributed by atoms with van der Waals surface area (Å²) < 4.78 is 0. The lowest BCUT2D eigenvalue weighted by Gasteiger charge is -2.05. The molecule has 0 radical (unpaired) electrons. The van der Waals surface area contributed by atoms with Crippen LogP contribution in [0.15, 0.2) is 17.3 Å². The van der Waals surface area contributed by atoms with Crippen molar-refractivity contribution in [1.29, 1.82) is 0 Å². The molecule has 0 aromatic rings. The molecule has 0 aliphatic rings. The molecule has 0 heterocycles. The molecule has 3 heteroatoms. The fraction of sp³-hybridized carbons (Fsp3) is 0.500. The number of nitrogens with two attached hydrogens (primary N) is 1. The third kappa shape index (κ3) is 4.44. The maximum atomic E-state index is 10.7. The van der Waals surface area contributed by atoms with Crippen LogP contribution in [-0.2, 0) is 4.79 Å². The van der Waals surface area contributed by atoms with Crippen molar-refractivity contribution in [1.82, 2.24) is 0 Å². The van der Waals surface area contributed by atoms with Gasteiger partial charge in [0.15, 0.2) is 0 Å². The molecule has 2 N–H and O–H groups in total. The molecule has 11 heavy (non-hydrogen) atoms. The topological polar surface area (TPSA) is 55.5 Å². The highest BCUT2D eigenvalue weighted by Gasteiger charge is 2.08. The van der Waals surface area contributed by atoms with Crippen LogP contribution in [0.5, 0.6) is 0 Å². The molecule has 0 unspecified atom stereocenters. The van der Waals surface area contributed by atoms with Crippen molar-refractivity contribution in [3.05, 3.63) is 12.3 Å². The maximum absolute atomic E-state index is 10.7. The van der Waals surface area contributed by atoms with Crippen LogP contribution in [0.3, 0.4) is 0 Å². The first-order valence-corrected chi connectivity index (χ1v) is 3.50. The lowest BCUT2D eigenvalue weighted by Crippen LogP contribution is -2.28. The van der Waals surface area contributed by atoms with E-state index in [4.69, 9.17) is 5.73 Å². The van der Waals surface area contributed by atoms with Gasteiger partial charge in [-0.1, -0.05) is 6.58 Å². The molecule has 62 valence electrons. The lowest BCUT2D eigenvalue weighted by molar-refractivity contribution is -0.118. The number of rotatable bonds is 4. The summed E-state index contributed by atoms with van der Waals surface area (Å²) in [6.45, 7) is 6.90. The highest BCUT2D eigenvalue weighted by atomic mass is 16.1. The predicted octanol–water partition coefficient (Wildman–Crippen LogP) is 0.897. The second kappa shape index (κ2) is 4.79. The minimum atomic E-state index is -0.453. The summed E-state index contributed by atoms with van der Waals surface area (Å²) in [4.78, 5) is 14.6. The third-order valence-electron chi connectivity index (χ3n) is 1.29. The molecular formula is C8H14N2O. The summed E-state index contributed by atoms with van der Waals surface area (Å²) in [6, 6.07) is -0.453. The van der Waals surface area contributed by atoms with Crippen LogP contribution in [0.25, 0.3) is 0 Å². The number of ketones is 1. The van der Waals surface area contributed by atoms with E-state index in [0.717, 1.165) is 0 Å². The Bertz CT molecular complexity index is 185. The molecule has 0 saturated carbocycles. The number of nitrogens with zero attached hydrogens (tertiary/aromatic N) is 1. The van der Waals surface area contributed by atoms with Crippen molar-refractivity contribution in [3.8, 4) is 0 Å². The van der Waals surface area contributed by atoms with Gasteiger partial charge in [0.1, 0.15) is 5.78 Å². The third-order valence-corrected chi connectivity index (χ3v) is 1.29. The molecule has 0 rings (SSSR count). The highest BCUT2D eigenvalue weighted by molar-refractivity contribution is 5.81. The Balaban J connectivity index is 3.85. The summed E-state index contributed by atoms with van der Waals surface area (Å²) in [6.07, 6.45) is 2.08. The van der Waals surface area contributed by atoms with Crippen LogP contribution >= 0.6 is 0 Å². The normalized spacial score (nSPS) is 13.4. The van der Waals surface area contributed by atoms with E-state index in [1.54, 1.807) is 13.1 Å². The van der Waals surface area contributed by atoms with Crippen LogP contribution < -0.4 is 5.73 Å². The van der Waals surface area contributed by atoms with E-state index in [0.29, 0.717) is 12.1 Å². The molecule has 0 fully saturated rings. The van der Waals surface area contributed by atoms with Gasteiger partial charge in [-0.3, -0.25) is 9.79 Å². The molecular weight excluding hydrogens is 140 g/mol. The Kier molecular flexibility index (Phi) is 4.38. The molecule has 0 spiro atoms. The number of aliphatic imine (C=N–C) groups is 1. The zero-order valence-corrected chi connectivity index (χ0v) is 7.00. The Hall–Kier alpha value is -0.960. The first kappa shape index (κ1) is 10.0. The van der Waals surface area contributed by atoms with E-state index in [2.05, 4.69) is 11.6 Å². The molecule has 0 amide bonds. The Morgan fingerprint density at radius 2 is 2.36 bits per heavy atom. The molecule has 3 nitrogen and oxygen atoms in total. The van der Waals surface area contributed by atoms with Crippen molar-refractivity contribution in [2.75, 3.05) is 0 Å². The minimum Gasteiger partial charge on any atom is -0.321 e. The summed E-state index contributed by atoms with van der Waals surface area (Å²) in [5.41, 5.74) is 6.11. The van der Waals surface area contributed by atoms with Crippen molar-refractivity contribution in [3.63, 3.8) is 0 Å². The molecule has 0 saturated heterocycles. The van der Waals surface area contributed by atoms with E-state index in [9.17, 15) is 4.79 Å². The number of hydrogen-bond acceptors (Lipinski definition) is 3. The van der Waals surface area contributed by atoms with Gasteiger partial charge in [0, 0.05) is 18.3 Å². The van der Waals surface area contributed by atoms with E-state index in [-0.39, 0.29) is 5.78 Å². The molecule has 0 aromatic carbocycles.